The van der Waals surface area contributed by atoms with E-state index < -0.39 is 39.8 Å². The molecule has 0 aliphatic carbocycles. The Kier molecular flexibility index (Phi) is 29.6. The van der Waals surface area contributed by atoms with Crippen LogP contribution in [0.3, 0.4) is 0 Å². The maximum absolute atomic E-state index is 12.1. The molecule has 0 saturated heterocycles. The summed E-state index contributed by atoms with van der Waals surface area (Å²) in [6.45, 7) is 14.5. The fraction of sp³-hybridized carbons (Fsp3) is 0.710. The van der Waals surface area contributed by atoms with Gasteiger partial charge in [0.1, 0.15) is 10.1 Å². The van der Waals surface area contributed by atoms with E-state index in [-0.39, 0.29) is 54.6 Å². The molecule has 1 rings (SSSR count). The zero-order valence-electron chi connectivity index (χ0n) is 27.7. The number of hydrogen-bond donors (Lipinski definition) is 1. The minimum atomic E-state index is -5.01. The molecule has 0 aliphatic rings. The SMILES string of the molecule is CCCCC(CC)COC(=O)CC(C(=O)OCC(CC)CCCC)S(=O)(=O)[O-].CCOC(N)=O.Cc1ccc(C)cc1.[Na+]. The minimum absolute atomic E-state index is 0. The first kappa shape index (κ1) is 45.8. The van der Waals surface area contributed by atoms with Crippen molar-refractivity contribution in [2.24, 2.45) is 17.6 Å². The van der Waals surface area contributed by atoms with Gasteiger partial charge in [-0.15, -0.1) is 0 Å². The van der Waals surface area contributed by atoms with E-state index in [0.717, 1.165) is 51.4 Å². The van der Waals surface area contributed by atoms with Crippen LogP contribution >= 0.6 is 0 Å². The summed E-state index contributed by atoms with van der Waals surface area (Å²) in [4.78, 5) is 33.7. The minimum Gasteiger partial charge on any atom is -0.747 e. The first-order chi connectivity index (χ1) is 19.7. The molecule has 1 aromatic carbocycles. The molecule has 1 amide bonds. The van der Waals surface area contributed by atoms with Crippen LogP contribution in [-0.2, 0) is 33.9 Å². The van der Waals surface area contributed by atoms with Crippen LogP contribution in [0.25, 0.3) is 0 Å². The smallest absolute Gasteiger partial charge is 0.747 e. The van der Waals surface area contributed by atoms with Crippen molar-refractivity contribution in [2.75, 3.05) is 19.8 Å². The van der Waals surface area contributed by atoms with E-state index in [9.17, 15) is 27.4 Å². The first-order valence-electron chi connectivity index (χ1n) is 15.0. The number of carbonyl (C=O) groups excluding carboxylic acids is 3. The third-order valence-electron chi connectivity index (χ3n) is 6.50. The number of amides is 1. The maximum Gasteiger partial charge on any atom is 1.00 e. The Morgan fingerprint density at radius 1 is 0.791 bits per heavy atom. The van der Waals surface area contributed by atoms with E-state index in [2.05, 4.69) is 62.4 Å². The molecule has 3 unspecified atom stereocenters. The van der Waals surface area contributed by atoms with Gasteiger partial charge in [-0.3, -0.25) is 9.59 Å². The molecule has 0 saturated carbocycles. The van der Waals surface area contributed by atoms with Gasteiger partial charge in [-0.1, -0.05) is 102 Å². The van der Waals surface area contributed by atoms with Gasteiger partial charge in [0.05, 0.1) is 26.2 Å². The average Bonchev–Trinajstić information content (AvgIpc) is 2.93. The van der Waals surface area contributed by atoms with Crippen LogP contribution in [0.5, 0.6) is 0 Å². The summed E-state index contributed by atoms with van der Waals surface area (Å²) in [5.74, 6) is -1.74. The van der Waals surface area contributed by atoms with Crippen LogP contribution in [0.1, 0.15) is 104 Å². The number of rotatable bonds is 17. The van der Waals surface area contributed by atoms with E-state index in [0.29, 0.717) is 6.61 Å². The van der Waals surface area contributed by atoms with Crippen molar-refractivity contribution >= 4 is 28.1 Å². The van der Waals surface area contributed by atoms with E-state index in [1.54, 1.807) is 6.92 Å². The van der Waals surface area contributed by atoms with Crippen LogP contribution in [0.15, 0.2) is 24.3 Å². The Balaban J connectivity index is -0.000000865. The maximum atomic E-state index is 12.1. The number of carbonyl (C=O) groups is 3. The summed E-state index contributed by atoms with van der Waals surface area (Å²) in [5.41, 5.74) is 7.20. The molecule has 0 fully saturated rings. The zero-order chi connectivity index (χ0) is 32.6. The third-order valence-corrected chi connectivity index (χ3v) is 7.55. The fourth-order valence-corrected chi connectivity index (χ4v) is 4.24. The monoisotopic (exact) mass is 639 g/mol. The Hall–Kier alpha value is -1.66. The molecule has 2 N–H and O–H groups in total. The van der Waals surface area contributed by atoms with Gasteiger partial charge in [0.15, 0.2) is 5.25 Å². The topological polar surface area (TPSA) is 162 Å². The summed E-state index contributed by atoms with van der Waals surface area (Å²) in [7, 11) is -5.01. The summed E-state index contributed by atoms with van der Waals surface area (Å²) < 4.78 is 48.8. The van der Waals surface area contributed by atoms with Gasteiger partial charge in [0, 0.05) is 0 Å². The van der Waals surface area contributed by atoms with Gasteiger partial charge in [0.2, 0.25) is 0 Å². The summed E-state index contributed by atoms with van der Waals surface area (Å²) in [6, 6.07) is 8.48. The van der Waals surface area contributed by atoms with Crippen molar-refractivity contribution in [3.63, 3.8) is 0 Å². The Morgan fingerprint density at radius 3 is 1.51 bits per heavy atom. The molecule has 0 aliphatic heterocycles. The number of aryl methyl sites for hydroxylation is 2. The van der Waals surface area contributed by atoms with Crippen molar-refractivity contribution in [2.45, 2.75) is 112 Å². The number of benzene rings is 1. The van der Waals surface area contributed by atoms with Crippen molar-refractivity contribution in [3.05, 3.63) is 35.4 Å². The second kappa shape index (κ2) is 27.9. The Morgan fingerprint density at radius 2 is 1.21 bits per heavy atom. The standard InChI is InChI=1S/C20H38O7S.C8H10.C3H7NO2.Na/c1-5-9-11-16(7-3)14-26-19(21)13-18(28(23,24)25)20(22)27-15-17(8-4)12-10-6-2;1-7-3-5-8(2)6-4-7;1-2-6-3(4)5;/h16-18H,5-15H2,1-4H3,(H,23,24,25);3-6H,1-2H3;2H2,1H3,(H2,4,5);/q;;;+1/p-1. The molecule has 3 atom stereocenters. The normalized spacial score (nSPS) is 12.5. The molecule has 244 valence electrons. The van der Waals surface area contributed by atoms with E-state index in [1.807, 2.05) is 13.8 Å². The van der Waals surface area contributed by atoms with Gasteiger partial charge >= 0.3 is 47.6 Å². The van der Waals surface area contributed by atoms with Crippen LogP contribution in [0, 0.1) is 25.7 Å². The number of primary amides is 1. The Bertz CT molecular complexity index is 951. The van der Waals surface area contributed by atoms with Gasteiger partial charge in [-0.2, -0.15) is 0 Å². The van der Waals surface area contributed by atoms with Gasteiger partial charge in [-0.05, 0) is 45.4 Å². The number of ether oxygens (including phenoxy) is 3. The largest absolute Gasteiger partial charge is 1.00 e. The van der Waals surface area contributed by atoms with E-state index >= 15 is 0 Å². The molecule has 12 heteroatoms. The third kappa shape index (κ3) is 26.5. The van der Waals surface area contributed by atoms with Crippen LogP contribution in [0.2, 0.25) is 0 Å². The summed E-state index contributed by atoms with van der Waals surface area (Å²) >= 11 is 0. The van der Waals surface area contributed by atoms with Gasteiger partial charge in [0.25, 0.3) is 0 Å². The number of unbranched alkanes of at least 4 members (excludes halogenated alkanes) is 2. The number of hydrogen-bond acceptors (Lipinski definition) is 9. The average molecular weight is 640 g/mol. The van der Waals surface area contributed by atoms with Crippen LogP contribution in [0.4, 0.5) is 4.79 Å². The van der Waals surface area contributed by atoms with Crippen LogP contribution < -0.4 is 35.3 Å². The molecular formula is C31H54NNaO9S. The number of nitrogens with two attached hydrogens (primary N) is 1. The predicted molar refractivity (Wildman–Crippen MR) is 164 cm³/mol. The molecule has 0 radical (unpaired) electrons. The van der Waals surface area contributed by atoms with Crippen LogP contribution in [-0.4, -0.2) is 56.1 Å². The van der Waals surface area contributed by atoms with Gasteiger partial charge in [-0.25, -0.2) is 13.2 Å². The molecule has 0 spiro atoms. The molecular weight excluding hydrogens is 585 g/mol. The molecule has 0 bridgehead atoms. The quantitative estimate of drug-likeness (QED) is 0.117. The van der Waals surface area contributed by atoms with Crippen molar-refractivity contribution in [1.82, 2.24) is 0 Å². The second-order valence-electron chi connectivity index (χ2n) is 10.2. The first-order valence-corrected chi connectivity index (χ1v) is 16.4. The summed E-state index contributed by atoms with van der Waals surface area (Å²) in [5, 5.41) is -2.06. The molecule has 0 aromatic heterocycles. The molecule has 0 heterocycles. The van der Waals surface area contributed by atoms with Crippen molar-refractivity contribution in [3.8, 4) is 0 Å². The molecule has 10 nitrogen and oxygen atoms in total. The van der Waals surface area contributed by atoms with E-state index in [4.69, 9.17) is 9.47 Å². The fourth-order valence-electron chi connectivity index (χ4n) is 3.59. The Labute approximate surface area is 282 Å². The molecule has 43 heavy (non-hydrogen) atoms. The van der Waals surface area contributed by atoms with E-state index in [1.165, 1.54) is 11.1 Å². The zero-order valence-corrected chi connectivity index (χ0v) is 30.5. The van der Waals surface area contributed by atoms with Gasteiger partial charge < -0.3 is 24.5 Å². The number of esters is 2. The second-order valence-corrected chi connectivity index (χ2v) is 11.8. The summed E-state index contributed by atoms with van der Waals surface area (Å²) in [6.07, 6.45) is 5.87. The van der Waals surface area contributed by atoms with Crippen molar-refractivity contribution < 1.29 is 71.1 Å². The molecule has 1 aromatic rings. The predicted octanol–water partition coefficient (Wildman–Crippen LogP) is 3.22. The van der Waals surface area contributed by atoms with Crippen molar-refractivity contribution in [1.29, 1.82) is 0 Å².